The number of nitrogens with zero attached hydrogens (tertiary/aromatic N) is 2. The van der Waals surface area contributed by atoms with E-state index in [1.165, 1.54) is 6.07 Å². The van der Waals surface area contributed by atoms with Crippen molar-refractivity contribution in [1.29, 1.82) is 0 Å². The van der Waals surface area contributed by atoms with Crippen LogP contribution in [-0.4, -0.2) is 57.5 Å². The number of aromatic nitrogens is 2. The standard InChI is InChI=1S/C30H31FN2O5S/c1-39(35)24-11-9-20(10-12-24)19-5-7-21(8-6-19)30-25(31)15-27-26(32-30)16-29(33(27)28-4-2-3-13-36-28)38-23-14-22(17-34)37-18-23/h5-12,15-16,22-23,28,34H,2-4,13-14,17-18H2,1H3/t22?,23-,28?,39?/m0/s1. The first-order valence-corrected chi connectivity index (χ1v) is 14.8. The fourth-order valence-corrected chi connectivity index (χ4v) is 5.85. The number of halogens is 1. The number of hydrogen-bond donors (Lipinski definition) is 1. The molecule has 9 heteroatoms. The lowest BCUT2D eigenvalue weighted by Crippen LogP contribution is -2.23. The van der Waals surface area contributed by atoms with Crippen LogP contribution in [0.2, 0.25) is 0 Å². The molecule has 2 aromatic carbocycles. The van der Waals surface area contributed by atoms with Gasteiger partial charge in [0, 0.05) is 30.7 Å². The van der Waals surface area contributed by atoms with E-state index in [0.29, 0.717) is 42.1 Å². The van der Waals surface area contributed by atoms with Crippen LogP contribution in [0.25, 0.3) is 33.4 Å². The second kappa shape index (κ2) is 11.3. The Morgan fingerprint density at radius 3 is 2.41 bits per heavy atom. The Labute approximate surface area is 229 Å². The first kappa shape index (κ1) is 26.3. The molecular formula is C30H31FN2O5S. The topological polar surface area (TPSA) is 88.8 Å². The Morgan fingerprint density at radius 1 is 1.05 bits per heavy atom. The molecule has 4 atom stereocenters. The summed E-state index contributed by atoms with van der Waals surface area (Å²) in [5.74, 6) is 0.149. The summed E-state index contributed by atoms with van der Waals surface area (Å²) in [7, 11) is 0. The smallest absolute Gasteiger partial charge is 0.198 e. The molecule has 39 heavy (non-hydrogen) atoms. The van der Waals surface area contributed by atoms with Gasteiger partial charge in [-0.05, 0) is 65.8 Å². The van der Waals surface area contributed by atoms with Crippen molar-refractivity contribution in [1.82, 2.24) is 9.55 Å². The Bertz CT molecular complexity index is 1430. The lowest BCUT2D eigenvalue weighted by molar-refractivity contribution is -0.0350. The van der Waals surface area contributed by atoms with Crippen molar-refractivity contribution in [3.63, 3.8) is 0 Å². The number of pyridine rings is 1. The van der Waals surface area contributed by atoms with Gasteiger partial charge in [-0.15, -0.1) is 0 Å². The van der Waals surface area contributed by atoms with Crippen LogP contribution in [-0.2, 0) is 20.6 Å². The van der Waals surface area contributed by atoms with E-state index >= 15 is 4.39 Å². The number of fused-ring (bicyclic) bond motifs is 1. The van der Waals surface area contributed by atoms with Gasteiger partial charge in [0.15, 0.2) is 16.6 Å². The lowest BCUT2D eigenvalue weighted by atomic mass is 10.0. The molecule has 2 fully saturated rings. The fraction of sp³-hybridized carbons (Fsp3) is 0.367. The molecule has 0 amide bonds. The maximum absolute atomic E-state index is 15.6. The van der Waals surface area contributed by atoms with Crippen molar-refractivity contribution in [2.24, 2.45) is 0 Å². The van der Waals surface area contributed by atoms with E-state index in [9.17, 15) is 9.66 Å². The molecule has 4 aromatic rings. The van der Waals surface area contributed by atoms with E-state index < -0.39 is 17.0 Å². The molecule has 4 heterocycles. The summed E-state index contributed by atoms with van der Waals surface area (Å²) in [6, 6.07) is 18.5. The van der Waals surface area contributed by atoms with Gasteiger partial charge < -0.3 is 23.9 Å². The maximum Gasteiger partial charge on any atom is 0.198 e. The number of hydrogen-bond acceptors (Lipinski definition) is 6. The van der Waals surface area contributed by atoms with Crippen LogP contribution in [0, 0.1) is 5.82 Å². The molecule has 2 saturated heterocycles. The van der Waals surface area contributed by atoms with E-state index in [2.05, 4.69) is 0 Å². The molecule has 2 aromatic heterocycles. The lowest BCUT2D eigenvalue weighted by Gasteiger charge is -2.27. The van der Waals surface area contributed by atoms with Gasteiger partial charge >= 0.3 is 0 Å². The molecule has 6 rings (SSSR count). The van der Waals surface area contributed by atoms with Crippen molar-refractivity contribution in [3.8, 4) is 28.3 Å². The maximum atomic E-state index is 15.6. The molecule has 2 aliphatic heterocycles. The largest absolute Gasteiger partial charge is 0.612 e. The minimum absolute atomic E-state index is 0.0472. The summed E-state index contributed by atoms with van der Waals surface area (Å²) in [5.41, 5.74) is 4.16. The molecular weight excluding hydrogens is 519 g/mol. The summed E-state index contributed by atoms with van der Waals surface area (Å²) in [4.78, 5) is 5.50. The Balaban J connectivity index is 1.33. The van der Waals surface area contributed by atoms with Gasteiger partial charge in [-0.1, -0.05) is 24.3 Å². The summed E-state index contributed by atoms with van der Waals surface area (Å²) >= 11 is -1.03. The SMILES string of the molecule is C[S+]([O-])c1ccc(-c2ccc(-c3nc4cc(O[C@@H]5COC(CO)C5)n(C5CCCCO5)c4cc3F)cc2)cc1. The van der Waals surface area contributed by atoms with E-state index in [1.54, 1.807) is 6.26 Å². The minimum Gasteiger partial charge on any atom is -0.612 e. The van der Waals surface area contributed by atoms with Crippen LogP contribution in [0.1, 0.15) is 31.9 Å². The van der Waals surface area contributed by atoms with Gasteiger partial charge in [-0.2, -0.15) is 0 Å². The zero-order chi connectivity index (χ0) is 26.9. The van der Waals surface area contributed by atoms with Gasteiger partial charge in [0.05, 0.1) is 30.4 Å². The van der Waals surface area contributed by atoms with Crippen LogP contribution in [0.15, 0.2) is 65.6 Å². The second-order valence-electron chi connectivity index (χ2n) is 10.1. The fourth-order valence-electron chi connectivity index (χ4n) is 5.33. The van der Waals surface area contributed by atoms with Gasteiger partial charge in [0.2, 0.25) is 0 Å². The van der Waals surface area contributed by atoms with Crippen molar-refractivity contribution < 1.29 is 28.3 Å². The predicted molar refractivity (Wildman–Crippen MR) is 148 cm³/mol. The summed E-state index contributed by atoms with van der Waals surface area (Å²) in [6.45, 7) is 0.980. The third-order valence-electron chi connectivity index (χ3n) is 7.40. The zero-order valence-corrected chi connectivity index (χ0v) is 22.5. The Kier molecular flexibility index (Phi) is 7.59. The molecule has 2 aliphatic rings. The Morgan fingerprint density at radius 2 is 1.77 bits per heavy atom. The highest BCUT2D eigenvalue weighted by Gasteiger charge is 2.30. The highest BCUT2D eigenvalue weighted by molar-refractivity contribution is 7.90. The normalized spacial score (nSPS) is 22.3. The Hall–Kier alpha value is -2.95. The van der Waals surface area contributed by atoms with E-state index in [-0.39, 0.29) is 30.7 Å². The van der Waals surface area contributed by atoms with Crippen molar-refractivity contribution in [2.45, 2.75) is 49.0 Å². The predicted octanol–water partition coefficient (Wildman–Crippen LogP) is 5.47. The number of aliphatic hydroxyl groups is 1. The van der Waals surface area contributed by atoms with Gasteiger partial charge in [-0.25, -0.2) is 9.37 Å². The van der Waals surface area contributed by atoms with Crippen LogP contribution in [0.5, 0.6) is 5.88 Å². The summed E-state index contributed by atoms with van der Waals surface area (Å²) in [5, 5.41) is 9.44. The number of ether oxygens (including phenoxy) is 3. The number of benzene rings is 2. The van der Waals surface area contributed by atoms with Crippen LogP contribution < -0.4 is 4.74 Å². The molecule has 0 spiro atoms. The third kappa shape index (κ3) is 5.42. The summed E-state index contributed by atoms with van der Waals surface area (Å²) in [6.07, 6.45) is 4.35. The molecule has 0 radical (unpaired) electrons. The second-order valence-corrected chi connectivity index (χ2v) is 11.4. The van der Waals surface area contributed by atoms with Crippen LogP contribution in [0.3, 0.4) is 0 Å². The highest BCUT2D eigenvalue weighted by Crippen LogP contribution is 2.37. The average Bonchev–Trinajstić information content (AvgIpc) is 3.57. The highest BCUT2D eigenvalue weighted by atomic mass is 32.2. The van der Waals surface area contributed by atoms with Gasteiger partial charge in [0.1, 0.15) is 24.3 Å². The third-order valence-corrected chi connectivity index (χ3v) is 8.33. The van der Waals surface area contributed by atoms with Gasteiger partial charge in [-0.3, -0.25) is 4.57 Å². The quantitative estimate of drug-likeness (QED) is 0.307. The minimum atomic E-state index is -1.03. The molecule has 0 bridgehead atoms. The first-order valence-electron chi connectivity index (χ1n) is 13.3. The van der Waals surface area contributed by atoms with E-state index in [0.717, 1.165) is 35.3 Å². The molecule has 1 N–H and O–H groups in total. The average molecular weight is 551 g/mol. The van der Waals surface area contributed by atoms with Crippen LogP contribution in [0.4, 0.5) is 4.39 Å². The molecule has 3 unspecified atom stereocenters. The van der Waals surface area contributed by atoms with E-state index in [1.807, 2.05) is 59.2 Å². The summed E-state index contributed by atoms with van der Waals surface area (Å²) < 4.78 is 47.1. The van der Waals surface area contributed by atoms with Crippen molar-refractivity contribution in [3.05, 3.63) is 66.5 Å². The van der Waals surface area contributed by atoms with E-state index in [4.69, 9.17) is 19.2 Å². The number of rotatable bonds is 7. The monoisotopic (exact) mass is 550 g/mol. The zero-order valence-electron chi connectivity index (χ0n) is 21.7. The molecule has 0 aliphatic carbocycles. The number of aliphatic hydroxyl groups excluding tert-OH is 1. The molecule has 7 nitrogen and oxygen atoms in total. The van der Waals surface area contributed by atoms with Crippen molar-refractivity contribution in [2.75, 3.05) is 26.1 Å². The van der Waals surface area contributed by atoms with Crippen molar-refractivity contribution >= 4 is 22.2 Å². The van der Waals surface area contributed by atoms with Crippen LogP contribution >= 0.6 is 0 Å². The molecule has 0 saturated carbocycles. The molecule has 204 valence electrons. The first-order chi connectivity index (χ1) is 19.0. The van der Waals surface area contributed by atoms with Gasteiger partial charge in [0.25, 0.3) is 0 Å².